The predicted molar refractivity (Wildman–Crippen MR) is 136 cm³/mol. The van der Waals surface area contributed by atoms with Crippen molar-refractivity contribution < 1.29 is 37.7 Å². The number of hydrogen-bond acceptors (Lipinski definition) is 8. The molecule has 1 aromatic heterocycles. The first kappa shape index (κ1) is 25.3. The summed E-state index contributed by atoms with van der Waals surface area (Å²) in [5.41, 5.74) is 2.16. The maximum atomic E-state index is 13.4. The second-order valence-corrected chi connectivity index (χ2v) is 8.33. The Bertz CT molecular complexity index is 1460. The summed E-state index contributed by atoms with van der Waals surface area (Å²) in [5.74, 6) is 0.638. The molecule has 0 N–H and O–H groups in total. The smallest absolute Gasteiger partial charge is 0.414 e. The molecule has 0 spiro atoms. The number of rotatable bonds is 7. The molecule has 1 amide bonds. The van der Waals surface area contributed by atoms with Gasteiger partial charge in [-0.1, -0.05) is 0 Å². The van der Waals surface area contributed by atoms with Gasteiger partial charge < -0.3 is 28.3 Å². The molecule has 9 nitrogen and oxygen atoms in total. The quantitative estimate of drug-likeness (QED) is 0.182. The lowest BCUT2D eigenvalue weighted by atomic mass is 9.99. The predicted octanol–water partition coefficient (Wildman–Crippen LogP) is 5.60. The summed E-state index contributed by atoms with van der Waals surface area (Å²) in [6, 6.07) is 14.4. The van der Waals surface area contributed by atoms with Crippen LogP contribution in [0.5, 0.6) is 23.0 Å². The second kappa shape index (κ2) is 10.4. The Hall–Kier alpha value is -4.79. The molecule has 0 saturated heterocycles. The van der Waals surface area contributed by atoms with E-state index >= 15 is 0 Å². The highest BCUT2D eigenvalue weighted by molar-refractivity contribution is 6.10. The van der Waals surface area contributed by atoms with Crippen LogP contribution in [0.2, 0.25) is 0 Å². The monoisotopic (exact) mass is 503 g/mol. The van der Waals surface area contributed by atoms with Gasteiger partial charge in [0, 0.05) is 42.7 Å². The Balaban J connectivity index is 1.84. The summed E-state index contributed by atoms with van der Waals surface area (Å²) >= 11 is 0. The number of carbonyl (C=O) groups is 3. The zero-order chi connectivity index (χ0) is 26.7. The maximum absolute atomic E-state index is 13.4. The Labute approximate surface area is 213 Å². The van der Waals surface area contributed by atoms with Gasteiger partial charge in [-0.2, -0.15) is 0 Å². The Morgan fingerprint density at radius 3 is 2.00 bits per heavy atom. The fraction of sp³-hybridized carbons (Fsp3) is 0.179. The van der Waals surface area contributed by atoms with Crippen LogP contribution in [-0.4, -0.2) is 51.1 Å². The molecule has 4 rings (SSSR count). The largest absolute Gasteiger partial charge is 0.497 e. The van der Waals surface area contributed by atoms with E-state index in [1.54, 1.807) is 44.4 Å². The van der Waals surface area contributed by atoms with E-state index in [-0.39, 0.29) is 22.8 Å². The van der Waals surface area contributed by atoms with Gasteiger partial charge in [-0.05, 0) is 55.0 Å². The summed E-state index contributed by atoms with van der Waals surface area (Å²) in [6.07, 6.45) is 0.872. The lowest BCUT2D eigenvalue weighted by molar-refractivity contribution is 0.0736. The lowest BCUT2D eigenvalue weighted by Gasteiger charge is -2.13. The topological polar surface area (TPSA) is 105 Å². The molecule has 37 heavy (non-hydrogen) atoms. The molecule has 0 saturated carbocycles. The molecule has 0 atom stereocenters. The minimum atomic E-state index is -0.708. The van der Waals surface area contributed by atoms with E-state index in [4.69, 9.17) is 23.4 Å². The van der Waals surface area contributed by atoms with E-state index in [1.165, 1.54) is 56.6 Å². The summed E-state index contributed by atoms with van der Waals surface area (Å²) < 4.78 is 27.6. The molecule has 0 aliphatic heterocycles. The van der Waals surface area contributed by atoms with Gasteiger partial charge in [0.1, 0.15) is 28.6 Å². The van der Waals surface area contributed by atoms with Crippen molar-refractivity contribution >= 4 is 28.8 Å². The van der Waals surface area contributed by atoms with Gasteiger partial charge in [0.15, 0.2) is 5.78 Å². The highest BCUT2D eigenvalue weighted by atomic mass is 16.6. The minimum Gasteiger partial charge on any atom is -0.497 e. The number of nitrogens with zero attached hydrogens (tertiary/aromatic N) is 1. The average Bonchev–Trinajstić information content (AvgIpc) is 3.32. The van der Waals surface area contributed by atoms with Crippen LogP contribution in [0.3, 0.4) is 0 Å². The minimum absolute atomic E-state index is 0.105. The van der Waals surface area contributed by atoms with E-state index in [2.05, 4.69) is 0 Å². The first-order valence-electron chi connectivity index (χ1n) is 11.2. The normalized spacial score (nSPS) is 10.6. The van der Waals surface area contributed by atoms with Crippen molar-refractivity contribution in [3.8, 4) is 34.1 Å². The van der Waals surface area contributed by atoms with E-state index in [0.717, 1.165) is 0 Å². The number of ether oxygens (including phenoxy) is 4. The van der Waals surface area contributed by atoms with Crippen LogP contribution < -0.4 is 18.9 Å². The number of ketones is 1. The zero-order valence-corrected chi connectivity index (χ0v) is 21.0. The van der Waals surface area contributed by atoms with Gasteiger partial charge in [0.25, 0.3) is 0 Å². The van der Waals surface area contributed by atoms with Crippen molar-refractivity contribution in [1.29, 1.82) is 0 Å². The van der Waals surface area contributed by atoms with E-state index in [9.17, 15) is 14.4 Å². The van der Waals surface area contributed by atoms with Crippen LogP contribution in [0.1, 0.15) is 27.6 Å². The maximum Gasteiger partial charge on any atom is 0.414 e. The van der Waals surface area contributed by atoms with Crippen molar-refractivity contribution in [3.63, 3.8) is 0 Å². The molecule has 0 bridgehead atoms. The Kier molecular flexibility index (Phi) is 7.15. The SMILES string of the molecule is COc1cc(OC)cc(-c2coc3cc(OC(=O)N(C)C)cc(C(=O)Oc4ccc(C(C)=O)cc4)c23)c1. The van der Waals surface area contributed by atoms with E-state index in [0.29, 0.717) is 39.2 Å². The van der Waals surface area contributed by atoms with Crippen molar-refractivity contribution in [2.24, 2.45) is 0 Å². The van der Waals surface area contributed by atoms with Crippen LogP contribution >= 0.6 is 0 Å². The van der Waals surface area contributed by atoms with Crippen LogP contribution in [0.15, 0.2) is 65.3 Å². The molecule has 0 radical (unpaired) electrons. The number of methoxy groups -OCH3 is 2. The highest BCUT2D eigenvalue weighted by Crippen LogP contribution is 2.39. The van der Waals surface area contributed by atoms with Crippen LogP contribution in [0.25, 0.3) is 22.1 Å². The fourth-order valence-electron chi connectivity index (χ4n) is 3.65. The third-order valence-corrected chi connectivity index (χ3v) is 5.57. The number of Topliss-reactive ketones (excluding diaryl/α,β-unsaturated/α-hetero) is 1. The third-order valence-electron chi connectivity index (χ3n) is 5.57. The van der Waals surface area contributed by atoms with Crippen molar-refractivity contribution in [2.75, 3.05) is 28.3 Å². The van der Waals surface area contributed by atoms with Gasteiger partial charge in [0.2, 0.25) is 0 Å². The molecule has 0 unspecified atom stereocenters. The van der Waals surface area contributed by atoms with Gasteiger partial charge in [-0.15, -0.1) is 0 Å². The molecule has 1 heterocycles. The molecule has 190 valence electrons. The van der Waals surface area contributed by atoms with Crippen LogP contribution in [0, 0.1) is 0 Å². The Morgan fingerprint density at radius 2 is 1.43 bits per heavy atom. The van der Waals surface area contributed by atoms with Gasteiger partial charge in [-0.3, -0.25) is 4.79 Å². The van der Waals surface area contributed by atoms with Crippen molar-refractivity contribution in [2.45, 2.75) is 6.92 Å². The van der Waals surface area contributed by atoms with Crippen molar-refractivity contribution in [3.05, 3.63) is 72.0 Å². The molecule has 0 aliphatic rings. The number of furan rings is 1. The van der Waals surface area contributed by atoms with E-state index in [1.807, 2.05) is 0 Å². The molecule has 3 aromatic carbocycles. The molecule has 9 heteroatoms. The summed E-state index contributed by atoms with van der Waals surface area (Å²) in [4.78, 5) is 38.4. The molecule has 0 fully saturated rings. The summed E-state index contributed by atoms with van der Waals surface area (Å²) in [6.45, 7) is 1.45. The van der Waals surface area contributed by atoms with Crippen LogP contribution in [0.4, 0.5) is 4.79 Å². The fourth-order valence-corrected chi connectivity index (χ4v) is 3.65. The third kappa shape index (κ3) is 5.40. The number of amides is 1. The molecule has 4 aromatic rings. The average molecular weight is 504 g/mol. The van der Waals surface area contributed by atoms with Crippen LogP contribution in [-0.2, 0) is 0 Å². The number of esters is 1. The molecular formula is C28H25NO8. The second-order valence-electron chi connectivity index (χ2n) is 8.33. The zero-order valence-electron chi connectivity index (χ0n) is 21.0. The van der Waals surface area contributed by atoms with Gasteiger partial charge in [0.05, 0.1) is 26.0 Å². The van der Waals surface area contributed by atoms with Gasteiger partial charge in [-0.25, -0.2) is 9.59 Å². The Morgan fingerprint density at radius 1 is 0.784 bits per heavy atom. The van der Waals surface area contributed by atoms with E-state index < -0.39 is 12.1 Å². The number of benzene rings is 3. The summed E-state index contributed by atoms with van der Waals surface area (Å²) in [5, 5.41) is 0.449. The number of fused-ring (bicyclic) bond motifs is 1. The lowest BCUT2D eigenvalue weighted by Crippen LogP contribution is -2.25. The first-order valence-corrected chi connectivity index (χ1v) is 11.2. The first-order chi connectivity index (χ1) is 17.7. The summed E-state index contributed by atoms with van der Waals surface area (Å²) in [7, 11) is 6.17. The highest BCUT2D eigenvalue weighted by Gasteiger charge is 2.23. The molecular weight excluding hydrogens is 478 g/mol. The number of carbonyl (C=O) groups excluding carboxylic acids is 3. The van der Waals surface area contributed by atoms with Gasteiger partial charge >= 0.3 is 12.1 Å². The molecule has 0 aliphatic carbocycles. The number of hydrogen-bond donors (Lipinski definition) is 0. The van der Waals surface area contributed by atoms with Crippen molar-refractivity contribution in [1.82, 2.24) is 4.90 Å². The standard InChI is InChI=1S/C28H25NO8/c1-16(30)17-6-8-19(9-7-17)36-27(31)23-13-22(37-28(32)29(2)3)14-25-26(23)24(15-35-25)18-10-20(33-4)12-21(11-18)34-5/h6-15H,1-5H3.